The molecule has 5 rings (SSSR count). The molecule has 2 aliphatic heterocycles. The third-order valence-electron chi connectivity index (χ3n) is 8.07. The van der Waals surface area contributed by atoms with Crippen molar-refractivity contribution in [3.63, 3.8) is 0 Å². The van der Waals surface area contributed by atoms with Crippen LogP contribution in [0, 0.1) is 11.6 Å². The first-order valence-electron chi connectivity index (χ1n) is 14.5. The summed E-state index contributed by atoms with van der Waals surface area (Å²) >= 11 is 0. The summed E-state index contributed by atoms with van der Waals surface area (Å²) in [5, 5.41) is 3.60. The van der Waals surface area contributed by atoms with Crippen LogP contribution in [0.5, 0.6) is 5.75 Å². The van der Waals surface area contributed by atoms with Gasteiger partial charge in [0.1, 0.15) is 5.82 Å². The number of halogens is 2. The lowest BCUT2D eigenvalue weighted by molar-refractivity contribution is -0.132. The Balaban J connectivity index is 1.30. The Morgan fingerprint density at radius 2 is 1.71 bits per heavy atom. The molecule has 0 aliphatic carbocycles. The maximum Gasteiger partial charge on any atom is 0.251 e. The van der Waals surface area contributed by atoms with Crippen molar-refractivity contribution < 1.29 is 23.1 Å². The molecule has 6 nitrogen and oxygen atoms in total. The third-order valence-corrected chi connectivity index (χ3v) is 8.07. The smallest absolute Gasteiger partial charge is 0.251 e. The second kappa shape index (κ2) is 13.3. The van der Waals surface area contributed by atoms with Crippen molar-refractivity contribution in [1.82, 2.24) is 15.1 Å². The van der Waals surface area contributed by atoms with E-state index in [1.807, 2.05) is 42.3 Å². The fourth-order valence-electron chi connectivity index (χ4n) is 5.79. The van der Waals surface area contributed by atoms with Gasteiger partial charge in [-0.1, -0.05) is 54.6 Å². The van der Waals surface area contributed by atoms with Gasteiger partial charge in [0.05, 0.1) is 12.6 Å². The van der Waals surface area contributed by atoms with Crippen LogP contribution in [0.25, 0.3) is 5.57 Å². The molecule has 0 saturated carbocycles. The zero-order valence-corrected chi connectivity index (χ0v) is 24.1. The van der Waals surface area contributed by atoms with Gasteiger partial charge >= 0.3 is 0 Å². The lowest BCUT2D eigenvalue weighted by atomic mass is 9.82. The van der Waals surface area contributed by atoms with E-state index in [9.17, 15) is 18.4 Å². The number of fused-ring (bicyclic) bond motifs is 2. The predicted octanol–water partition coefficient (Wildman–Crippen LogP) is 5.02. The molecule has 1 saturated heterocycles. The molecule has 2 heterocycles. The van der Waals surface area contributed by atoms with E-state index < -0.39 is 11.6 Å². The molecule has 42 heavy (non-hydrogen) atoms. The summed E-state index contributed by atoms with van der Waals surface area (Å²) in [5.41, 5.74) is 5.03. The van der Waals surface area contributed by atoms with Gasteiger partial charge in [-0.2, -0.15) is 0 Å². The summed E-state index contributed by atoms with van der Waals surface area (Å²) in [5.74, 6) is -1.19. The molecular weight excluding hydrogens is 536 g/mol. The van der Waals surface area contributed by atoms with Crippen molar-refractivity contribution in [3.8, 4) is 5.75 Å². The van der Waals surface area contributed by atoms with Crippen LogP contribution in [0.3, 0.4) is 0 Å². The van der Waals surface area contributed by atoms with Gasteiger partial charge in [0.25, 0.3) is 5.91 Å². The quantitative estimate of drug-likeness (QED) is 0.346. The first kappa shape index (κ1) is 29.5. The number of benzene rings is 3. The molecule has 0 aromatic heterocycles. The van der Waals surface area contributed by atoms with Crippen LogP contribution in [0.15, 0.2) is 78.4 Å². The Kier molecular flexibility index (Phi) is 9.32. The summed E-state index contributed by atoms with van der Waals surface area (Å²) in [7, 11) is 1.84. The standard InChI is InChI=1S/C34H37F2N3O3/c1-23(40)39-21-28-20-29(33(31(22-39)37-28)34(41)38(2)17-16-24-7-4-3-5-8-24)26-12-10-25(11-13-26)9-6-18-42-32-19-27(35)14-15-30(32)36/h3-5,7-8,10-15,19,28,31,37H,6,9,16-18,20-22H2,1-2H3/t28-,31-/m1/s1. The van der Waals surface area contributed by atoms with E-state index in [2.05, 4.69) is 29.6 Å². The third kappa shape index (κ3) is 7.05. The maximum absolute atomic E-state index is 13.9. The van der Waals surface area contributed by atoms with E-state index in [1.54, 1.807) is 11.8 Å². The van der Waals surface area contributed by atoms with Crippen LogP contribution in [-0.4, -0.2) is 67.0 Å². The SMILES string of the molecule is CC(=O)N1C[C@H]2CC(c3ccc(CCCOc4cc(F)ccc4F)cc3)=C(C(=O)N(C)CCc3ccccc3)[C@@H](C1)N2. The highest BCUT2D eigenvalue weighted by Gasteiger charge is 2.39. The molecule has 3 aromatic carbocycles. The minimum Gasteiger partial charge on any atom is -0.490 e. The van der Waals surface area contributed by atoms with Crippen LogP contribution in [-0.2, 0) is 22.4 Å². The van der Waals surface area contributed by atoms with E-state index >= 15 is 0 Å². The minimum atomic E-state index is -0.580. The van der Waals surface area contributed by atoms with Gasteiger partial charge in [-0.3, -0.25) is 9.59 Å². The van der Waals surface area contributed by atoms with Gasteiger partial charge in [-0.05, 0) is 60.1 Å². The number of amides is 2. The molecular formula is C34H37F2N3O3. The number of nitrogens with one attached hydrogen (secondary N) is 1. The summed E-state index contributed by atoms with van der Waals surface area (Å²) in [4.78, 5) is 29.8. The summed E-state index contributed by atoms with van der Waals surface area (Å²) < 4.78 is 32.6. The number of nitrogens with zero attached hydrogens (tertiary/aromatic N) is 2. The summed E-state index contributed by atoms with van der Waals surface area (Å²) in [6.07, 6.45) is 2.77. The molecule has 0 radical (unpaired) electrons. The van der Waals surface area contributed by atoms with Crippen molar-refractivity contribution in [3.05, 3.63) is 107 Å². The van der Waals surface area contributed by atoms with Gasteiger partial charge in [-0.15, -0.1) is 0 Å². The number of piperazine rings is 1. The highest BCUT2D eigenvalue weighted by molar-refractivity contribution is 6.03. The van der Waals surface area contributed by atoms with Crippen LogP contribution in [0.4, 0.5) is 8.78 Å². The molecule has 2 bridgehead atoms. The van der Waals surface area contributed by atoms with Crippen molar-refractivity contribution in [1.29, 1.82) is 0 Å². The van der Waals surface area contributed by atoms with Gasteiger partial charge in [0.2, 0.25) is 5.91 Å². The summed E-state index contributed by atoms with van der Waals surface area (Å²) in [6.45, 7) is 3.52. The zero-order chi connectivity index (χ0) is 29.6. The maximum atomic E-state index is 13.9. The Hall–Kier alpha value is -4.04. The van der Waals surface area contributed by atoms with Crippen LogP contribution in [0.1, 0.15) is 36.5 Å². The predicted molar refractivity (Wildman–Crippen MR) is 159 cm³/mol. The Morgan fingerprint density at radius 1 is 0.976 bits per heavy atom. The fraction of sp³-hybridized carbons (Fsp3) is 0.353. The number of likely N-dealkylation sites (N-methyl/N-ethyl adjacent to an activating group) is 1. The van der Waals surface area contributed by atoms with Crippen molar-refractivity contribution in [2.24, 2.45) is 0 Å². The molecule has 220 valence electrons. The highest BCUT2D eigenvalue weighted by atomic mass is 19.1. The Morgan fingerprint density at radius 3 is 2.45 bits per heavy atom. The molecule has 3 aromatic rings. The van der Waals surface area contributed by atoms with Gasteiger partial charge in [0.15, 0.2) is 11.6 Å². The number of hydrogen-bond acceptors (Lipinski definition) is 4. The average molecular weight is 574 g/mol. The molecule has 2 amide bonds. The molecule has 2 aliphatic rings. The lowest BCUT2D eigenvalue weighted by Crippen LogP contribution is -2.61. The molecule has 2 atom stereocenters. The van der Waals surface area contributed by atoms with Crippen molar-refractivity contribution in [2.45, 2.75) is 44.7 Å². The van der Waals surface area contributed by atoms with Crippen LogP contribution >= 0.6 is 0 Å². The molecule has 8 heteroatoms. The van der Waals surface area contributed by atoms with Crippen molar-refractivity contribution >= 4 is 17.4 Å². The largest absolute Gasteiger partial charge is 0.490 e. The van der Waals surface area contributed by atoms with E-state index in [0.29, 0.717) is 38.9 Å². The molecule has 0 spiro atoms. The van der Waals surface area contributed by atoms with Crippen molar-refractivity contribution in [2.75, 3.05) is 33.3 Å². The second-order valence-electron chi connectivity index (χ2n) is 11.1. The van der Waals surface area contributed by atoms with Gasteiger partial charge in [0, 0.05) is 51.3 Å². The normalized spacial score (nSPS) is 18.1. The van der Waals surface area contributed by atoms with Gasteiger partial charge < -0.3 is 19.9 Å². The Labute approximate surface area is 246 Å². The van der Waals surface area contributed by atoms with E-state index in [1.165, 1.54) is 5.56 Å². The number of hydrogen-bond donors (Lipinski definition) is 1. The second-order valence-corrected chi connectivity index (χ2v) is 11.1. The Bertz CT molecular complexity index is 1440. The van der Waals surface area contributed by atoms with E-state index in [-0.39, 0.29) is 36.3 Å². The number of carbonyl (C=O) groups excluding carboxylic acids is 2. The first-order valence-corrected chi connectivity index (χ1v) is 14.5. The lowest BCUT2D eigenvalue weighted by Gasteiger charge is -2.44. The van der Waals surface area contributed by atoms with E-state index in [0.717, 1.165) is 46.9 Å². The zero-order valence-electron chi connectivity index (χ0n) is 24.1. The topological polar surface area (TPSA) is 61.9 Å². The van der Waals surface area contributed by atoms with Gasteiger partial charge in [-0.25, -0.2) is 8.78 Å². The van der Waals surface area contributed by atoms with E-state index in [4.69, 9.17) is 4.74 Å². The van der Waals surface area contributed by atoms with Crippen LogP contribution < -0.4 is 10.1 Å². The van der Waals surface area contributed by atoms with Crippen LogP contribution in [0.2, 0.25) is 0 Å². The number of rotatable bonds is 10. The molecule has 1 N–H and O–H groups in total. The molecule has 0 unspecified atom stereocenters. The average Bonchev–Trinajstić information content (AvgIpc) is 2.99. The minimum absolute atomic E-state index is 0.0203. The number of ether oxygens (including phenoxy) is 1. The molecule has 1 fully saturated rings. The monoisotopic (exact) mass is 573 g/mol. The summed E-state index contributed by atoms with van der Waals surface area (Å²) in [6, 6.07) is 21.3. The number of aryl methyl sites for hydroxylation is 1. The first-order chi connectivity index (χ1) is 20.3. The highest BCUT2D eigenvalue weighted by Crippen LogP contribution is 2.34. The number of carbonyl (C=O) groups is 2. The fourth-order valence-corrected chi connectivity index (χ4v) is 5.79.